The van der Waals surface area contributed by atoms with Crippen LogP contribution in [0, 0.1) is 0 Å². The average Bonchev–Trinajstić information content (AvgIpc) is 2.49. The Bertz CT molecular complexity index is 332. The molecule has 0 amide bonds. The number of hydrogen-bond acceptors (Lipinski definition) is 5. The molecular formula is C13H20N4O. The maximum absolute atomic E-state index is 5.36. The Kier molecular flexibility index (Phi) is 3.61. The van der Waals surface area contributed by atoms with Crippen molar-refractivity contribution in [3.8, 4) is 0 Å². The summed E-state index contributed by atoms with van der Waals surface area (Å²) in [4.78, 5) is 9.26. The van der Waals surface area contributed by atoms with Gasteiger partial charge in [0.1, 0.15) is 5.82 Å². The lowest BCUT2D eigenvalue weighted by Crippen LogP contribution is -2.43. The lowest BCUT2D eigenvalue weighted by atomic mass is 10.3. The summed E-state index contributed by atoms with van der Waals surface area (Å²) >= 11 is 0. The number of ether oxygens (including phenoxy) is 1. The van der Waals surface area contributed by atoms with E-state index in [2.05, 4.69) is 32.2 Å². The van der Waals surface area contributed by atoms with Crippen molar-refractivity contribution < 1.29 is 4.74 Å². The zero-order valence-corrected chi connectivity index (χ0v) is 10.6. The van der Waals surface area contributed by atoms with Crippen LogP contribution in [0.2, 0.25) is 0 Å². The Morgan fingerprint density at radius 2 is 1.78 bits per heavy atom. The van der Waals surface area contributed by atoms with Gasteiger partial charge in [-0.1, -0.05) is 0 Å². The molecule has 0 atom stereocenters. The van der Waals surface area contributed by atoms with Gasteiger partial charge in [0.25, 0.3) is 0 Å². The summed E-state index contributed by atoms with van der Waals surface area (Å²) in [6.07, 6.45) is 1.99. The van der Waals surface area contributed by atoms with Crippen molar-refractivity contribution in [2.45, 2.75) is 0 Å². The molecule has 0 spiro atoms. The second-order valence-electron chi connectivity index (χ2n) is 4.71. The fourth-order valence-corrected chi connectivity index (χ4v) is 2.47. The molecule has 3 rings (SSSR count). The lowest BCUT2D eigenvalue weighted by Gasteiger charge is -2.30. The van der Waals surface area contributed by atoms with E-state index < -0.39 is 0 Å². The van der Waals surface area contributed by atoms with Crippen molar-refractivity contribution in [3.63, 3.8) is 0 Å². The molecule has 3 heterocycles. The maximum Gasteiger partial charge on any atom is 0.128 e. The van der Waals surface area contributed by atoms with Crippen molar-refractivity contribution in [2.75, 3.05) is 62.3 Å². The van der Waals surface area contributed by atoms with Gasteiger partial charge in [-0.3, -0.25) is 0 Å². The van der Waals surface area contributed by atoms with Crippen LogP contribution < -0.4 is 15.1 Å². The molecule has 0 radical (unpaired) electrons. The van der Waals surface area contributed by atoms with E-state index in [0.29, 0.717) is 0 Å². The summed E-state index contributed by atoms with van der Waals surface area (Å²) in [5.74, 6) is 1.09. The van der Waals surface area contributed by atoms with Crippen LogP contribution >= 0.6 is 0 Å². The van der Waals surface area contributed by atoms with Crippen LogP contribution in [0.5, 0.6) is 0 Å². The van der Waals surface area contributed by atoms with E-state index in [9.17, 15) is 0 Å². The third-order valence-electron chi connectivity index (χ3n) is 3.55. The molecule has 1 aromatic heterocycles. The first-order chi connectivity index (χ1) is 8.93. The van der Waals surface area contributed by atoms with Gasteiger partial charge in [0, 0.05) is 39.3 Å². The zero-order chi connectivity index (χ0) is 12.2. The Hall–Kier alpha value is -1.33. The van der Waals surface area contributed by atoms with Crippen LogP contribution in [0.15, 0.2) is 18.3 Å². The van der Waals surface area contributed by atoms with Crippen LogP contribution in [0.4, 0.5) is 11.5 Å². The van der Waals surface area contributed by atoms with Crippen molar-refractivity contribution in [1.82, 2.24) is 10.3 Å². The van der Waals surface area contributed by atoms with E-state index in [1.165, 1.54) is 5.69 Å². The largest absolute Gasteiger partial charge is 0.378 e. The van der Waals surface area contributed by atoms with Gasteiger partial charge >= 0.3 is 0 Å². The molecule has 98 valence electrons. The molecule has 18 heavy (non-hydrogen) atoms. The van der Waals surface area contributed by atoms with Gasteiger partial charge in [-0.2, -0.15) is 0 Å². The SMILES string of the molecule is c1cc(N2CCNCC2)ncc1N1CCOCC1. The van der Waals surface area contributed by atoms with Crippen LogP contribution in [0.1, 0.15) is 0 Å². The molecule has 0 aliphatic carbocycles. The molecule has 0 aromatic carbocycles. The minimum atomic E-state index is 0.819. The van der Waals surface area contributed by atoms with Crippen LogP contribution in [-0.2, 0) is 4.74 Å². The maximum atomic E-state index is 5.36. The topological polar surface area (TPSA) is 40.6 Å². The molecule has 2 fully saturated rings. The minimum absolute atomic E-state index is 0.819. The number of pyridine rings is 1. The number of aromatic nitrogens is 1. The third kappa shape index (κ3) is 2.57. The van der Waals surface area contributed by atoms with E-state index in [-0.39, 0.29) is 0 Å². The molecule has 0 unspecified atom stereocenters. The molecule has 1 aromatic rings. The quantitative estimate of drug-likeness (QED) is 0.816. The molecule has 0 saturated carbocycles. The molecule has 5 nitrogen and oxygen atoms in total. The average molecular weight is 248 g/mol. The second-order valence-corrected chi connectivity index (χ2v) is 4.71. The molecule has 1 N–H and O–H groups in total. The fourth-order valence-electron chi connectivity index (χ4n) is 2.47. The van der Waals surface area contributed by atoms with Crippen LogP contribution in [0.25, 0.3) is 0 Å². The van der Waals surface area contributed by atoms with E-state index in [1.807, 2.05) is 6.20 Å². The Morgan fingerprint density at radius 3 is 2.44 bits per heavy atom. The summed E-state index contributed by atoms with van der Waals surface area (Å²) < 4.78 is 5.36. The van der Waals surface area contributed by atoms with Crippen molar-refractivity contribution in [1.29, 1.82) is 0 Å². The lowest BCUT2D eigenvalue weighted by molar-refractivity contribution is 0.122. The molecule has 2 aliphatic heterocycles. The molecule has 0 bridgehead atoms. The van der Waals surface area contributed by atoms with E-state index in [0.717, 1.165) is 58.3 Å². The highest BCUT2D eigenvalue weighted by Gasteiger charge is 2.14. The number of nitrogens with one attached hydrogen (secondary N) is 1. The number of hydrogen-bond donors (Lipinski definition) is 1. The third-order valence-corrected chi connectivity index (χ3v) is 3.55. The first-order valence-corrected chi connectivity index (χ1v) is 6.68. The van der Waals surface area contributed by atoms with Gasteiger partial charge in [0.05, 0.1) is 25.1 Å². The number of rotatable bonds is 2. The van der Waals surface area contributed by atoms with Gasteiger partial charge in [0.2, 0.25) is 0 Å². The molecule has 5 heteroatoms. The van der Waals surface area contributed by atoms with Crippen LogP contribution in [0.3, 0.4) is 0 Å². The number of morpholine rings is 1. The Balaban J connectivity index is 1.67. The number of piperazine rings is 1. The highest BCUT2D eigenvalue weighted by molar-refractivity contribution is 5.51. The smallest absolute Gasteiger partial charge is 0.128 e. The van der Waals surface area contributed by atoms with E-state index in [1.54, 1.807) is 0 Å². The van der Waals surface area contributed by atoms with E-state index >= 15 is 0 Å². The van der Waals surface area contributed by atoms with Crippen LogP contribution in [-0.4, -0.2) is 57.5 Å². The first kappa shape index (κ1) is 11.7. The van der Waals surface area contributed by atoms with Gasteiger partial charge < -0.3 is 19.9 Å². The fraction of sp³-hybridized carbons (Fsp3) is 0.615. The summed E-state index contributed by atoms with van der Waals surface area (Å²) in [6.45, 7) is 7.76. The summed E-state index contributed by atoms with van der Waals surface area (Å²) in [6, 6.07) is 4.31. The minimum Gasteiger partial charge on any atom is -0.378 e. The summed E-state index contributed by atoms with van der Waals surface area (Å²) in [7, 11) is 0. The highest BCUT2D eigenvalue weighted by atomic mass is 16.5. The molecule has 2 aliphatic rings. The van der Waals surface area contributed by atoms with Gasteiger partial charge in [-0.25, -0.2) is 4.98 Å². The van der Waals surface area contributed by atoms with Crippen molar-refractivity contribution in [3.05, 3.63) is 18.3 Å². The number of nitrogens with zero attached hydrogens (tertiary/aromatic N) is 3. The number of anilines is 2. The predicted molar refractivity (Wildman–Crippen MR) is 72.4 cm³/mol. The normalized spacial score (nSPS) is 21.1. The zero-order valence-electron chi connectivity index (χ0n) is 10.6. The molecular weight excluding hydrogens is 228 g/mol. The summed E-state index contributed by atoms with van der Waals surface area (Å²) in [5, 5.41) is 3.36. The Morgan fingerprint density at radius 1 is 1.00 bits per heavy atom. The van der Waals surface area contributed by atoms with E-state index in [4.69, 9.17) is 4.74 Å². The van der Waals surface area contributed by atoms with Gasteiger partial charge in [-0.15, -0.1) is 0 Å². The molecule has 2 saturated heterocycles. The van der Waals surface area contributed by atoms with Gasteiger partial charge in [0.15, 0.2) is 0 Å². The first-order valence-electron chi connectivity index (χ1n) is 6.68. The Labute approximate surface area is 108 Å². The predicted octanol–water partition coefficient (Wildman–Crippen LogP) is 0.328. The summed E-state index contributed by atoms with van der Waals surface area (Å²) in [5.41, 5.74) is 1.21. The monoisotopic (exact) mass is 248 g/mol. The van der Waals surface area contributed by atoms with Crippen molar-refractivity contribution >= 4 is 11.5 Å². The van der Waals surface area contributed by atoms with Gasteiger partial charge in [-0.05, 0) is 12.1 Å². The standard InChI is InChI=1S/C13H20N4O/c1-2-13(17-5-3-14-4-6-17)15-11-12(1)16-7-9-18-10-8-16/h1-2,11,14H,3-10H2. The highest BCUT2D eigenvalue weighted by Crippen LogP contribution is 2.18. The second kappa shape index (κ2) is 5.54. The van der Waals surface area contributed by atoms with Crippen molar-refractivity contribution in [2.24, 2.45) is 0 Å².